The van der Waals surface area contributed by atoms with Crippen LogP contribution in [0.25, 0.3) is 0 Å². The molecule has 2 heterocycles. The molecule has 1 unspecified atom stereocenters. The van der Waals surface area contributed by atoms with E-state index in [9.17, 15) is 9.90 Å². The van der Waals surface area contributed by atoms with E-state index in [4.69, 9.17) is 4.52 Å². The van der Waals surface area contributed by atoms with Gasteiger partial charge in [-0.05, 0) is 37.6 Å². The van der Waals surface area contributed by atoms with Gasteiger partial charge in [0, 0.05) is 5.92 Å². The maximum atomic E-state index is 11.6. The van der Waals surface area contributed by atoms with Crippen LogP contribution in [0.5, 0.6) is 0 Å². The second-order valence-corrected chi connectivity index (χ2v) is 6.63. The van der Waals surface area contributed by atoms with Crippen molar-refractivity contribution in [2.75, 3.05) is 6.54 Å². The minimum Gasteiger partial charge on any atom is -0.480 e. The minimum atomic E-state index is -0.763. The Morgan fingerprint density at radius 1 is 1.50 bits per heavy atom. The van der Waals surface area contributed by atoms with Crippen LogP contribution in [-0.2, 0) is 11.3 Å². The van der Waals surface area contributed by atoms with E-state index in [2.05, 4.69) is 10.1 Å². The molecule has 1 aliphatic heterocycles. The minimum absolute atomic E-state index is 0.229. The molecule has 0 bridgehead atoms. The first kappa shape index (κ1) is 13.5. The summed E-state index contributed by atoms with van der Waals surface area (Å²) in [5, 5.41) is 13.5. The number of hydrogen-bond donors (Lipinski definition) is 1. The van der Waals surface area contributed by atoms with E-state index in [-0.39, 0.29) is 5.41 Å². The van der Waals surface area contributed by atoms with Gasteiger partial charge in [-0.1, -0.05) is 19.0 Å². The van der Waals surface area contributed by atoms with Crippen LogP contribution in [0.2, 0.25) is 0 Å². The molecule has 1 aromatic heterocycles. The number of rotatable bonds is 4. The normalized spacial score (nSPS) is 26.6. The molecule has 6 heteroatoms. The van der Waals surface area contributed by atoms with Crippen LogP contribution < -0.4 is 0 Å². The van der Waals surface area contributed by atoms with Gasteiger partial charge in [0.25, 0.3) is 0 Å². The molecule has 0 radical (unpaired) electrons. The second kappa shape index (κ2) is 4.84. The predicted octanol–water partition coefficient (Wildman–Crippen LogP) is 2.02. The van der Waals surface area contributed by atoms with Crippen LogP contribution in [0.15, 0.2) is 4.52 Å². The molecule has 20 heavy (non-hydrogen) atoms. The Kier molecular flexibility index (Phi) is 3.28. The number of carboxylic acids is 1. The maximum absolute atomic E-state index is 11.6. The number of carboxylic acid groups (broad SMARTS) is 1. The number of nitrogens with zero attached hydrogens (tertiary/aromatic N) is 3. The van der Waals surface area contributed by atoms with E-state index in [1.54, 1.807) is 0 Å². The molecule has 1 saturated heterocycles. The number of hydrogen-bond acceptors (Lipinski definition) is 5. The molecule has 0 spiro atoms. The van der Waals surface area contributed by atoms with Crippen molar-refractivity contribution in [1.82, 2.24) is 15.0 Å². The van der Waals surface area contributed by atoms with Crippen molar-refractivity contribution in [3.8, 4) is 0 Å². The lowest BCUT2D eigenvalue weighted by molar-refractivity contribution is -0.151. The predicted molar refractivity (Wildman–Crippen MR) is 71.1 cm³/mol. The highest BCUT2D eigenvalue weighted by atomic mass is 16.5. The summed E-state index contributed by atoms with van der Waals surface area (Å²) in [6.07, 6.45) is 4.18. The number of aliphatic carboxylic acids is 1. The van der Waals surface area contributed by atoms with Crippen LogP contribution >= 0.6 is 0 Å². The van der Waals surface area contributed by atoms with Gasteiger partial charge in [0.1, 0.15) is 6.04 Å². The largest absolute Gasteiger partial charge is 0.480 e. The monoisotopic (exact) mass is 279 g/mol. The molecule has 3 rings (SSSR count). The molecule has 0 aromatic carbocycles. The van der Waals surface area contributed by atoms with Gasteiger partial charge in [0.05, 0.1) is 6.54 Å². The molecule has 1 saturated carbocycles. The summed E-state index contributed by atoms with van der Waals surface area (Å²) in [6.45, 7) is 5.26. The quantitative estimate of drug-likeness (QED) is 0.908. The summed E-state index contributed by atoms with van der Waals surface area (Å²) in [7, 11) is 0. The zero-order valence-corrected chi connectivity index (χ0v) is 12.0. The van der Waals surface area contributed by atoms with Gasteiger partial charge in [0.15, 0.2) is 5.82 Å². The summed E-state index contributed by atoms with van der Waals surface area (Å²) in [4.78, 5) is 17.9. The zero-order valence-electron chi connectivity index (χ0n) is 12.0. The van der Waals surface area contributed by atoms with Gasteiger partial charge in [-0.2, -0.15) is 4.98 Å². The van der Waals surface area contributed by atoms with Gasteiger partial charge in [-0.15, -0.1) is 0 Å². The van der Waals surface area contributed by atoms with Crippen LogP contribution in [0.1, 0.15) is 57.2 Å². The molecule has 6 nitrogen and oxygen atoms in total. The Balaban J connectivity index is 1.74. The highest BCUT2D eigenvalue weighted by Gasteiger charge is 2.42. The van der Waals surface area contributed by atoms with Crippen molar-refractivity contribution in [2.24, 2.45) is 5.41 Å². The topological polar surface area (TPSA) is 79.5 Å². The van der Waals surface area contributed by atoms with Gasteiger partial charge in [-0.3, -0.25) is 9.69 Å². The second-order valence-electron chi connectivity index (χ2n) is 6.63. The van der Waals surface area contributed by atoms with Crippen LogP contribution in [0.4, 0.5) is 0 Å². The van der Waals surface area contributed by atoms with Crippen molar-refractivity contribution in [1.29, 1.82) is 0 Å². The fourth-order valence-electron chi connectivity index (χ4n) is 3.17. The number of carbonyl (C=O) groups is 1. The van der Waals surface area contributed by atoms with Crippen molar-refractivity contribution in [3.63, 3.8) is 0 Å². The molecule has 1 aromatic rings. The van der Waals surface area contributed by atoms with E-state index in [1.165, 1.54) is 0 Å². The first-order valence-corrected chi connectivity index (χ1v) is 7.27. The first-order valence-electron chi connectivity index (χ1n) is 7.27. The third-order valence-corrected chi connectivity index (χ3v) is 4.36. The molecule has 2 aliphatic rings. The summed E-state index contributed by atoms with van der Waals surface area (Å²) >= 11 is 0. The summed E-state index contributed by atoms with van der Waals surface area (Å²) in [5.74, 6) is 0.990. The van der Waals surface area contributed by atoms with Gasteiger partial charge < -0.3 is 9.63 Å². The SMILES string of the molecule is CC1(C)CCCN(Cc2noc(C3CC3)n2)C1C(=O)O. The van der Waals surface area contributed by atoms with Crippen molar-refractivity contribution < 1.29 is 14.4 Å². The fourth-order valence-corrected chi connectivity index (χ4v) is 3.17. The van der Waals surface area contributed by atoms with Crippen LogP contribution in [-0.4, -0.2) is 38.7 Å². The smallest absolute Gasteiger partial charge is 0.321 e. The highest BCUT2D eigenvalue weighted by Crippen LogP contribution is 2.39. The average Bonchev–Trinajstić information content (AvgIpc) is 3.09. The number of likely N-dealkylation sites (tertiary alicyclic amines) is 1. The molecule has 110 valence electrons. The van der Waals surface area contributed by atoms with Crippen LogP contribution in [0.3, 0.4) is 0 Å². The van der Waals surface area contributed by atoms with Gasteiger partial charge in [-0.25, -0.2) is 0 Å². The van der Waals surface area contributed by atoms with E-state index in [1.807, 2.05) is 18.7 Å². The molecule has 1 atom stereocenters. The lowest BCUT2D eigenvalue weighted by Crippen LogP contribution is -2.53. The van der Waals surface area contributed by atoms with Crippen molar-refractivity contribution >= 4 is 5.97 Å². The highest BCUT2D eigenvalue weighted by molar-refractivity contribution is 5.74. The number of piperidine rings is 1. The standard InChI is InChI=1S/C14H21N3O3/c1-14(2)6-3-7-17(11(14)13(18)19)8-10-15-12(20-16-10)9-4-5-9/h9,11H,3-8H2,1-2H3,(H,18,19). The summed E-state index contributed by atoms with van der Waals surface area (Å²) < 4.78 is 5.24. The maximum Gasteiger partial charge on any atom is 0.321 e. The van der Waals surface area contributed by atoms with Gasteiger partial charge in [0.2, 0.25) is 5.89 Å². The van der Waals surface area contributed by atoms with E-state index in [0.717, 1.165) is 32.2 Å². The lowest BCUT2D eigenvalue weighted by Gasteiger charge is -2.43. The van der Waals surface area contributed by atoms with Crippen molar-refractivity contribution in [2.45, 2.75) is 58.0 Å². The van der Waals surface area contributed by atoms with Crippen molar-refractivity contribution in [3.05, 3.63) is 11.7 Å². The van der Waals surface area contributed by atoms with Gasteiger partial charge >= 0.3 is 5.97 Å². The number of aromatic nitrogens is 2. The molecule has 0 amide bonds. The zero-order chi connectivity index (χ0) is 14.3. The average molecular weight is 279 g/mol. The van der Waals surface area contributed by atoms with E-state index >= 15 is 0 Å². The molecular weight excluding hydrogens is 258 g/mol. The van der Waals surface area contributed by atoms with Crippen LogP contribution in [0, 0.1) is 5.41 Å². The molecular formula is C14H21N3O3. The lowest BCUT2D eigenvalue weighted by atomic mass is 9.76. The third-order valence-electron chi connectivity index (χ3n) is 4.36. The third kappa shape index (κ3) is 2.57. The Morgan fingerprint density at radius 2 is 2.25 bits per heavy atom. The molecule has 1 aliphatic carbocycles. The first-order chi connectivity index (χ1) is 9.47. The van der Waals surface area contributed by atoms with E-state index in [0.29, 0.717) is 24.2 Å². The Hall–Kier alpha value is -1.43. The molecule has 1 N–H and O–H groups in total. The fraction of sp³-hybridized carbons (Fsp3) is 0.786. The van der Waals surface area contributed by atoms with E-state index < -0.39 is 12.0 Å². The summed E-state index contributed by atoms with van der Waals surface area (Å²) in [6, 6.07) is -0.487. The molecule has 2 fully saturated rings. The summed E-state index contributed by atoms with van der Waals surface area (Å²) in [5.41, 5.74) is -0.229. The Bertz CT molecular complexity index is 508. The Labute approximate surface area is 118 Å². The Morgan fingerprint density at radius 3 is 2.90 bits per heavy atom.